The molecule has 0 aliphatic carbocycles. The number of nitrogens with one attached hydrogen (secondary N) is 1. The molecule has 2 aliphatic rings. The van der Waals surface area contributed by atoms with Gasteiger partial charge in [0, 0.05) is 58.3 Å². The van der Waals surface area contributed by atoms with Crippen molar-refractivity contribution in [3.05, 3.63) is 24.0 Å². The van der Waals surface area contributed by atoms with E-state index in [0.29, 0.717) is 24.0 Å². The zero-order chi connectivity index (χ0) is 22.6. The second-order valence-electron chi connectivity index (χ2n) is 8.26. The van der Waals surface area contributed by atoms with Gasteiger partial charge in [0.2, 0.25) is 10.0 Å². The fourth-order valence-electron chi connectivity index (χ4n) is 3.92. The molecule has 2 N–H and O–H groups in total. The topological polar surface area (TPSA) is 108 Å². The highest BCUT2D eigenvalue weighted by atomic mass is 32.2. The average Bonchev–Trinajstić information content (AvgIpc) is 2.77. The van der Waals surface area contributed by atoms with E-state index in [9.17, 15) is 17.6 Å². The van der Waals surface area contributed by atoms with Gasteiger partial charge in [-0.25, -0.2) is 18.3 Å². The van der Waals surface area contributed by atoms with Gasteiger partial charge in [0.1, 0.15) is 11.6 Å². The van der Waals surface area contributed by atoms with Gasteiger partial charge in [-0.15, -0.1) is 0 Å². The van der Waals surface area contributed by atoms with Gasteiger partial charge in [-0.2, -0.15) is 4.31 Å². The predicted octanol–water partition coefficient (Wildman–Crippen LogP) is 1.37. The van der Waals surface area contributed by atoms with Crippen molar-refractivity contribution in [3.8, 4) is 5.75 Å². The second-order valence-corrected chi connectivity index (χ2v) is 10.5. The summed E-state index contributed by atoms with van der Waals surface area (Å²) < 4.78 is 51.6. The van der Waals surface area contributed by atoms with E-state index >= 15 is 0 Å². The number of carbonyl (C=O) groups is 1. The van der Waals surface area contributed by atoms with E-state index in [1.165, 1.54) is 15.9 Å². The number of ether oxygens (including phenoxy) is 2. The molecular weight excluding hydrogens is 429 g/mol. The van der Waals surface area contributed by atoms with Gasteiger partial charge in [-0.3, -0.25) is 10.0 Å². The lowest BCUT2D eigenvalue weighted by molar-refractivity contribution is -0.134. The van der Waals surface area contributed by atoms with E-state index in [1.54, 1.807) is 17.0 Å². The van der Waals surface area contributed by atoms with Crippen molar-refractivity contribution < 1.29 is 32.3 Å². The van der Waals surface area contributed by atoms with E-state index < -0.39 is 26.5 Å². The normalized spacial score (nSPS) is 20.0. The Labute approximate surface area is 182 Å². The first kappa shape index (κ1) is 23.7. The Balaban J connectivity index is 1.70. The Bertz CT molecular complexity index is 881. The Kier molecular flexibility index (Phi) is 7.40. The molecule has 1 aromatic carbocycles. The van der Waals surface area contributed by atoms with Crippen LogP contribution in [0.4, 0.5) is 10.1 Å². The lowest BCUT2D eigenvalue weighted by atomic mass is 9.98. The smallest absolute Gasteiger partial charge is 0.266 e. The molecule has 2 heterocycles. The van der Waals surface area contributed by atoms with E-state index in [0.717, 1.165) is 0 Å². The summed E-state index contributed by atoms with van der Waals surface area (Å²) in [5.74, 6) is -0.600. The van der Waals surface area contributed by atoms with Crippen molar-refractivity contribution in [3.63, 3.8) is 0 Å². The zero-order valence-corrected chi connectivity index (χ0v) is 18.7. The summed E-state index contributed by atoms with van der Waals surface area (Å²) in [6.07, 6.45) is -0.0667. The van der Waals surface area contributed by atoms with Crippen LogP contribution >= 0.6 is 0 Å². The molecule has 0 bridgehead atoms. The van der Waals surface area contributed by atoms with Crippen LogP contribution < -0.4 is 15.1 Å². The van der Waals surface area contributed by atoms with Gasteiger partial charge in [0.25, 0.3) is 5.91 Å². The Hall–Kier alpha value is -1.95. The summed E-state index contributed by atoms with van der Waals surface area (Å²) in [5, 5.41) is 9.14. The fraction of sp³-hybridized carbons (Fsp3) is 0.650. The van der Waals surface area contributed by atoms with Crippen LogP contribution in [0.5, 0.6) is 5.75 Å². The van der Waals surface area contributed by atoms with Gasteiger partial charge in [-0.05, 0) is 18.1 Å². The minimum atomic E-state index is -4.06. The molecule has 2 aliphatic heterocycles. The molecule has 3 rings (SSSR count). The number of hydrogen-bond acceptors (Lipinski definition) is 7. The maximum Gasteiger partial charge on any atom is 0.266 e. The lowest BCUT2D eigenvalue weighted by Gasteiger charge is -2.42. The third-order valence-corrected chi connectivity index (χ3v) is 8.36. The highest BCUT2D eigenvalue weighted by molar-refractivity contribution is 7.91. The molecule has 1 aromatic rings. The molecule has 0 atom stereocenters. The standard InChI is InChI=1S/C20H30FN3O6S/c1-15(2)14-30-16-3-4-18(17(21)13-16)23-7-9-24(10-8-23)31(27,28)20(19(25)22-26)5-11-29-12-6-20/h3-4,13,15,26H,5-12,14H2,1-2H3,(H,22,25). The first-order valence-corrected chi connectivity index (χ1v) is 11.8. The molecule has 9 nitrogen and oxygen atoms in total. The SMILES string of the molecule is CC(C)COc1ccc(N2CCN(S(=O)(=O)C3(C(=O)NO)CCOCC3)CC2)c(F)c1. The van der Waals surface area contributed by atoms with Crippen molar-refractivity contribution in [2.75, 3.05) is 50.9 Å². The predicted molar refractivity (Wildman–Crippen MR) is 112 cm³/mol. The number of anilines is 1. The van der Waals surface area contributed by atoms with Crippen LogP contribution in [0.2, 0.25) is 0 Å². The van der Waals surface area contributed by atoms with Gasteiger partial charge >= 0.3 is 0 Å². The number of rotatable bonds is 7. The quantitative estimate of drug-likeness (QED) is 0.468. The number of carbonyl (C=O) groups excluding carboxylic acids is 1. The van der Waals surface area contributed by atoms with Crippen LogP contribution in [0.15, 0.2) is 18.2 Å². The van der Waals surface area contributed by atoms with Crippen LogP contribution in [0, 0.1) is 11.7 Å². The number of hydrogen-bond donors (Lipinski definition) is 2. The molecule has 174 valence electrons. The molecule has 1 amide bonds. The third kappa shape index (κ3) is 4.79. The zero-order valence-electron chi connectivity index (χ0n) is 17.8. The maximum atomic E-state index is 14.6. The van der Waals surface area contributed by atoms with Gasteiger partial charge < -0.3 is 14.4 Å². The molecule has 0 radical (unpaired) electrons. The highest BCUT2D eigenvalue weighted by Crippen LogP contribution is 2.34. The lowest BCUT2D eigenvalue weighted by Crippen LogP contribution is -2.62. The third-order valence-electron chi connectivity index (χ3n) is 5.73. The summed E-state index contributed by atoms with van der Waals surface area (Å²) in [7, 11) is -4.06. The number of piperazine rings is 1. The van der Waals surface area contributed by atoms with Crippen molar-refractivity contribution in [1.29, 1.82) is 0 Å². The molecule has 2 fully saturated rings. The van der Waals surface area contributed by atoms with E-state index in [-0.39, 0.29) is 52.2 Å². The fourth-order valence-corrected chi connectivity index (χ4v) is 6.02. The largest absolute Gasteiger partial charge is 0.493 e. The summed E-state index contributed by atoms with van der Waals surface area (Å²) in [4.78, 5) is 14.1. The Morgan fingerprint density at radius 2 is 1.90 bits per heavy atom. The van der Waals surface area contributed by atoms with Crippen LogP contribution in [0.3, 0.4) is 0 Å². The Morgan fingerprint density at radius 3 is 2.45 bits per heavy atom. The van der Waals surface area contributed by atoms with Crippen LogP contribution in [0.1, 0.15) is 26.7 Å². The van der Waals surface area contributed by atoms with Crippen LogP contribution in [0.25, 0.3) is 0 Å². The number of sulfonamides is 1. The van der Waals surface area contributed by atoms with Crippen LogP contribution in [-0.2, 0) is 19.6 Å². The molecule has 0 spiro atoms. The van der Waals surface area contributed by atoms with E-state index in [1.807, 2.05) is 13.8 Å². The summed E-state index contributed by atoms with van der Waals surface area (Å²) in [6, 6.07) is 4.67. The average molecular weight is 460 g/mol. The molecule has 0 aromatic heterocycles. The molecule has 2 saturated heterocycles. The number of hydroxylamine groups is 1. The monoisotopic (exact) mass is 459 g/mol. The minimum Gasteiger partial charge on any atom is -0.493 e. The van der Waals surface area contributed by atoms with E-state index in [4.69, 9.17) is 14.7 Å². The van der Waals surface area contributed by atoms with Crippen molar-refractivity contribution in [1.82, 2.24) is 9.79 Å². The van der Waals surface area contributed by atoms with Crippen LogP contribution in [-0.4, -0.2) is 74.6 Å². The Morgan fingerprint density at radius 1 is 1.26 bits per heavy atom. The molecule has 0 unspecified atom stereocenters. The first-order chi connectivity index (χ1) is 14.7. The number of benzene rings is 1. The minimum absolute atomic E-state index is 0.0333. The van der Waals surface area contributed by atoms with Gasteiger partial charge in [0.15, 0.2) is 4.75 Å². The number of amides is 1. The number of nitrogens with zero attached hydrogens (tertiary/aromatic N) is 2. The number of halogens is 1. The summed E-state index contributed by atoms with van der Waals surface area (Å²) in [5.41, 5.74) is 1.89. The maximum absolute atomic E-state index is 14.6. The molecule has 11 heteroatoms. The van der Waals surface area contributed by atoms with Gasteiger partial charge in [0.05, 0.1) is 12.3 Å². The van der Waals surface area contributed by atoms with E-state index in [2.05, 4.69) is 0 Å². The van der Waals surface area contributed by atoms with Crippen molar-refractivity contribution in [2.45, 2.75) is 31.4 Å². The molecule has 31 heavy (non-hydrogen) atoms. The van der Waals surface area contributed by atoms with Gasteiger partial charge in [-0.1, -0.05) is 13.8 Å². The highest BCUT2D eigenvalue weighted by Gasteiger charge is 2.54. The van der Waals surface area contributed by atoms with Crippen molar-refractivity contribution in [2.24, 2.45) is 5.92 Å². The first-order valence-electron chi connectivity index (χ1n) is 10.4. The molecular formula is C20H30FN3O6S. The summed E-state index contributed by atoms with van der Waals surface area (Å²) in [6.45, 7) is 5.49. The van der Waals surface area contributed by atoms with Crippen molar-refractivity contribution >= 4 is 21.6 Å². The summed E-state index contributed by atoms with van der Waals surface area (Å²) >= 11 is 0. The second kappa shape index (κ2) is 9.68. The molecule has 0 saturated carbocycles.